The second-order valence-electron chi connectivity index (χ2n) is 4.16. The van der Waals surface area contributed by atoms with Crippen LogP contribution in [0.3, 0.4) is 0 Å². The minimum Gasteiger partial charge on any atom is -0.479 e. The number of rotatable bonds is 9. The minimum absolute atomic E-state index is 0.307. The molecule has 17 heavy (non-hydrogen) atoms. The van der Waals surface area contributed by atoms with Gasteiger partial charge in [-0.25, -0.2) is 4.79 Å². The van der Waals surface area contributed by atoms with Crippen molar-refractivity contribution in [3.63, 3.8) is 0 Å². The van der Waals surface area contributed by atoms with Crippen LogP contribution >= 0.6 is 0 Å². The van der Waals surface area contributed by atoms with E-state index in [1.165, 1.54) is 0 Å². The van der Waals surface area contributed by atoms with Crippen molar-refractivity contribution in [3.8, 4) is 0 Å². The smallest absolute Gasteiger partial charge is 0.333 e. The number of carbonyl (C=O) groups is 2. The van der Waals surface area contributed by atoms with Crippen LogP contribution in [0.25, 0.3) is 0 Å². The standard InChI is InChI=1S/C12H22O5/c1-3-5-6-9(4-2)8-17-11(14)7-10(13)12(15)16/h9-10,13H,3-8H2,1-2H3,(H,15,16). The first-order valence-corrected chi connectivity index (χ1v) is 6.07. The van der Waals surface area contributed by atoms with Gasteiger partial charge in [-0.2, -0.15) is 0 Å². The van der Waals surface area contributed by atoms with E-state index in [0.717, 1.165) is 25.7 Å². The topological polar surface area (TPSA) is 83.8 Å². The average molecular weight is 246 g/mol. The highest BCUT2D eigenvalue weighted by atomic mass is 16.5. The molecule has 0 rings (SSSR count). The molecule has 0 fully saturated rings. The van der Waals surface area contributed by atoms with Crippen LogP contribution in [-0.4, -0.2) is 34.9 Å². The number of aliphatic hydroxyl groups excluding tert-OH is 1. The number of aliphatic hydroxyl groups is 1. The fourth-order valence-electron chi connectivity index (χ4n) is 1.41. The Morgan fingerprint density at radius 2 is 1.94 bits per heavy atom. The summed E-state index contributed by atoms with van der Waals surface area (Å²) in [5.74, 6) is -1.74. The molecule has 0 heterocycles. The van der Waals surface area contributed by atoms with E-state index in [4.69, 9.17) is 14.9 Å². The first-order chi connectivity index (χ1) is 8.01. The fourth-order valence-corrected chi connectivity index (χ4v) is 1.41. The van der Waals surface area contributed by atoms with E-state index < -0.39 is 24.5 Å². The van der Waals surface area contributed by atoms with Gasteiger partial charge in [-0.15, -0.1) is 0 Å². The molecule has 0 aromatic carbocycles. The van der Waals surface area contributed by atoms with Gasteiger partial charge in [0.15, 0.2) is 6.10 Å². The lowest BCUT2D eigenvalue weighted by Gasteiger charge is -2.14. The molecule has 0 saturated carbocycles. The van der Waals surface area contributed by atoms with Crippen LogP contribution in [0.5, 0.6) is 0 Å². The molecule has 0 aromatic rings. The summed E-state index contributed by atoms with van der Waals surface area (Å²) in [6, 6.07) is 0. The molecule has 0 aliphatic heterocycles. The van der Waals surface area contributed by atoms with Crippen LogP contribution in [-0.2, 0) is 14.3 Å². The Kier molecular flexibility index (Phi) is 8.40. The van der Waals surface area contributed by atoms with Gasteiger partial charge in [0.2, 0.25) is 0 Å². The summed E-state index contributed by atoms with van der Waals surface area (Å²) >= 11 is 0. The van der Waals surface area contributed by atoms with Crippen molar-refractivity contribution in [1.29, 1.82) is 0 Å². The number of carbonyl (C=O) groups excluding carboxylic acids is 1. The van der Waals surface area contributed by atoms with E-state index in [1.54, 1.807) is 0 Å². The summed E-state index contributed by atoms with van der Waals surface area (Å²) in [6.45, 7) is 4.43. The third-order valence-corrected chi connectivity index (χ3v) is 2.67. The van der Waals surface area contributed by atoms with Crippen LogP contribution in [0.4, 0.5) is 0 Å². The molecule has 0 aliphatic rings. The van der Waals surface area contributed by atoms with Gasteiger partial charge < -0.3 is 14.9 Å². The van der Waals surface area contributed by atoms with Gasteiger partial charge in [0, 0.05) is 0 Å². The number of aliphatic carboxylic acids is 1. The normalized spacial score (nSPS) is 14.1. The zero-order valence-electron chi connectivity index (χ0n) is 10.5. The lowest BCUT2D eigenvalue weighted by molar-refractivity contribution is -0.156. The van der Waals surface area contributed by atoms with Crippen molar-refractivity contribution in [3.05, 3.63) is 0 Å². The van der Waals surface area contributed by atoms with E-state index in [1.807, 2.05) is 6.92 Å². The van der Waals surface area contributed by atoms with Crippen LogP contribution in [0.1, 0.15) is 46.0 Å². The van der Waals surface area contributed by atoms with Crippen molar-refractivity contribution in [2.45, 2.75) is 52.1 Å². The Labute approximate surface area is 102 Å². The minimum atomic E-state index is -1.67. The Balaban J connectivity index is 3.84. The Morgan fingerprint density at radius 1 is 1.29 bits per heavy atom. The van der Waals surface area contributed by atoms with Gasteiger partial charge in [0.25, 0.3) is 0 Å². The molecule has 5 nitrogen and oxygen atoms in total. The SMILES string of the molecule is CCCCC(CC)COC(=O)CC(O)C(=O)O. The second-order valence-corrected chi connectivity index (χ2v) is 4.16. The fraction of sp³-hybridized carbons (Fsp3) is 0.833. The first kappa shape index (κ1) is 15.9. The number of hydrogen-bond acceptors (Lipinski definition) is 4. The summed E-state index contributed by atoms with van der Waals surface area (Å²) in [6.07, 6.45) is 1.96. The van der Waals surface area contributed by atoms with Crippen molar-refractivity contribution in [2.24, 2.45) is 5.92 Å². The van der Waals surface area contributed by atoms with Crippen molar-refractivity contribution >= 4 is 11.9 Å². The molecular weight excluding hydrogens is 224 g/mol. The van der Waals surface area contributed by atoms with E-state index in [0.29, 0.717) is 12.5 Å². The van der Waals surface area contributed by atoms with Gasteiger partial charge in [-0.1, -0.05) is 33.1 Å². The van der Waals surface area contributed by atoms with Crippen molar-refractivity contribution in [1.82, 2.24) is 0 Å². The number of carboxylic acids is 1. The maximum absolute atomic E-state index is 11.2. The van der Waals surface area contributed by atoms with Crippen molar-refractivity contribution in [2.75, 3.05) is 6.61 Å². The van der Waals surface area contributed by atoms with Gasteiger partial charge in [-0.05, 0) is 12.3 Å². The van der Waals surface area contributed by atoms with E-state index in [-0.39, 0.29) is 0 Å². The van der Waals surface area contributed by atoms with E-state index >= 15 is 0 Å². The molecule has 5 heteroatoms. The van der Waals surface area contributed by atoms with Gasteiger partial charge in [-0.3, -0.25) is 4.79 Å². The number of unbranched alkanes of at least 4 members (excludes halogenated alkanes) is 1. The largest absolute Gasteiger partial charge is 0.479 e. The maximum atomic E-state index is 11.2. The van der Waals surface area contributed by atoms with Crippen LogP contribution < -0.4 is 0 Å². The summed E-state index contributed by atoms with van der Waals surface area (Å²) in [5.41, 5.74) is 0. The Morgan fingerprint density at radius 3 is 2.41 bits per heavy atom. The number of carboxylic acid groups (broad SMARTS) is 1. The molecule has 0 spiro atoms. The van der Waals surface area contributed by atoms with Gasteiger partial charge in [0.05, 0.1) is 13.0 Å². The number of ether oxygens (including phenoxy) is 1. The van der Waals surface area contributed by atoms with E-state index in [2.05, 4.69) is 6.92 Å². The average Bonchev–Trinajstić information content (AvgIpc) is 2.29. The van der Waals surface area contributed by atoms with E-state index in [9.17, 15) is 9.59 Å². The number of esters is 1. The van der Waals surface area contributed by atoms with Gasteiger partial charge in [0.1, 0.15) is 0 Å². The molecule has 0 radical (unpaired) electrons. The third kappa shape index (κ3) is 7.74. The maximum Gasteiger partial charge on any atom is 0.333 e. The second kappa shape index (κ2) is 8.98. The van der Waals surface area contributed by atoms with Crippen LogP contribution in [0, 0.1) is 5.92 Å². The Bertz CT molecular complexity index is 239. The summed E-state index contributed by atoms with van der Waals surface area (Å²) in [4.78, 5) is 21.5. The molecule has 2 atom stereocenters. The van der Waals surface area contributed by atoms with Crippen LogP contribution in [0.15, 0.2) is 0 Å². The zero-order chi connectivity index (χ0) is 13.3. The predicted molar refractivity (Wildman–Crippen MR) is 62.5 cm³/mol. The van der Waals surface area contributed by atoms with Gasteiger partial charge >= 0.3 is 11.9 Å². The summed E-state index contributed by atoms with van der Waals surface area (Å²) in [5, 5.41) is 17.4. The summed E-state index contributed by atoms with van der Waals surface area (Å²) < 4.78 is 4.95. The molecule has 0 amide bonds. The Hall–Kier alpha value is -1.10. The molecule has 0 bridgehead atoms. The molecule has 0 aliphatic carbocycles. The van der Waals surface area contributed by atoms with Crippen molar-refractivity contribution < 1.29 is 24.5 Å². The highest BCUT2D eigenvalue weighted by Crippen LogP contribution is 2.13. The molecule has 2 N–H and O–H groups in total. The molecule has 100 valence electrons. The number of hydrogen-bond donors (Lipinski definition) is 2. The molecule has 0 aromatic heterocycles. The highest BCUT2D eigenvalue weighted by molar-refractivity contribution is 5.80. The zero-order valence-corrected chi connectivity index (χ0v) is 10.5. The predicted octanol–water partition coefficient (Wildman–Crippen LogP) is 1.58. The summed E-state index contributed by atoms with van der Waals surface area (Å²) in [7, 11) is 0. The lowest BCUT2D eigenvalue weighted by Crippen LogP contribution is -2.25. The third-order valence-electron chi connectivity index (χ3n) is 2.67. The quantitative estimate of drug-likeness (QED) is 0.603. The molecule has 0 saturated heterocycles. The highest BCUT2D eigenvalue weighted by Gasteiger charge is 2.19. The van der Waals surface area contributed by atoms with Crippen LogP contribution in [0.2, 0.25) is 0 Å². The molecular formula is C12H22O5. The lowest BCUT2D eigenvalue weighted by atomic mass is 10.0. The first-order valence-electron chi connectivity index (χ1n) is 6.07. The molecule has 2 unspecified atom stereocenters. The monoisotopic (exact) mass is 246 g/mol.